The van der Waals surface area contributed by atoms with E-state index in [4.69, 9.17) is 4.74 Å². The average Bonchev–Trinajstić information content (AvgIpc) is 2.44. The molecular formula is C15H23Br2N3O. The second-order valence-corrected chi connectivity index (χ2v) is 6.89. The van der Waals surface area contributed by atoms with Gasteiger partial charge in [-0.3, -0.25) is 0 Å². The summed E-state index contributed by atoms with van der Waals surface area (Å²) in [5.74, 6) is 1.30. The lowest BCUT2D eigenvalue weighted by molar-refractivity contribution is 0.285. The first-order valence-electron chi connectivity index (χ1n) is 7.17. The number of halogens is 2. The Hall–Kier alpha value is -0.620. The van der Waals surface area contributed by atoms with Gasteiger partial charge in [0.25, 0.3) is 0 Å². The molecule has 0 bridgehead atoms. The fourth-order valence-corrected chi connectivity index (χ4v) is 2.33. The van der Waals surface area contributed by atoms with E-state index in [1.807, 2.05) is 18.0 Å². The van der Waals surface area contributed by atoms with Crippen molar-refractivity contribution in [1.29, 1.82) is 0 Å². The summed E-state index contributed by atoms with van der Waals surface area (Å²) in [6, 6.07) is 1.91. The van der Waals surface area contributed by atoms with E-state index in [0.717, 1.165) is 29.5 Å². The zero-order valence-corrected chi connectivity index (χ0v) is 16.2. The van der Waals surface area contributed by atoms with Crippen molar-refractivity contribution < 1.29 is 4.74 Å². The van der Waals surface area contributed by atoms with Crippen molar-refractivity contribution in [1.82, 2.24) is 9.88 Å². The van der Waals surface area contributed by atoms with Gasteiger partial charge >= 0.3 is 0 Å². The van der Waals surface area contributed by atoms with Crippen LogP contribution in [0.5, 0.6) is 5.88 Å². The number of hydrogen-bond acceptors (Lipinski definition) is 3. The molecule has 21 heavy (non-hydrogen) atoms. The first kappa shape index (κ1) is 18.4. The van der Waals surface area contributed by atoms with Gasteiger partial charge in [0.15, 0.2) is 0 Å². The minimum Gasteiger partial charge on any atom is -0.477 e. The van der Waals surface area contributed by atoms with Crippen molar-refractivity contribution in [2.45, 2.75) is 33.6 Å². The van der Waals surface area contributed by atoms with Crippen LogP contribution in [0.3, 0.4) is 0 Å². The Morgan fingerprint density at radius 3 is 2.76 bits per heavy atom. The van der Waals surface area contributed by atoms with E-state index in [2.05, 4.69) is 62.6 Å². The van der Waals surface area contributed by atoms with Gasteiger partial charge in [-0.05, 0) is 63.6 Å². The van der Waals surface area contributed by atoms with Crippen molar-refractivity contribution >= 4 is 43.9 Å². The van der Waals surface area contributed by atoms with E-state index in [1.165, 1.54) is 0 Å². The van der Waals surface area contributed by atoms with E-state index in [1.54, 1.807) is 6.34 Å². The second-order valence-electron chi connectivity index (χ2n) is 5.29. The Morgan fingerprint density at radius 2 is 2.14 bits per heavy atom. The molecule has 0 aromatic carbocycles. The van der Waals surface area contributed by atoms with Crippen LogP contribution in [0, 0.1) is 5.92 Å². The lowest BCUT2D eigenvalue weighted by Gasteiger charge is -2.11. The molecule has 1 heterocycles. The number of aliphatic imine (C=N–C) groups is 1. The van der Waals surface area contributed by atoms with Crippen LogP contribution in [-0.4, -0.2) is 36.4 Å². The largest absolute Gasteiger partial charge is 0.477 e. The Morgan fingerprint density at radius 1 is 1.43 bits per heavy atom. The van der Waals surface area contributed by atoms with Gasteiger partial charge in [0.05, 0.1) is 23.1 Å². The predicted molar refractivity (Wildman–Crippen MR) is 95.7 cm³/mol. The highest BCUT2D eigenvalue weighted by molar-refractivity contribution is 9.11. The third-order valence-corrected chi connectivity index (χ3v) is 4.09. The normalized spacial score (nSPS) is 11.4. The molecule has 6 heteroatoms. The van der Waals surface area contributed by atoms with E-state index < -0.39 is 0 Å². The molecule has 0 fully saturated rings. The fourth-order valence-electron chi connectivity index (χ4n) is 1.54. The summed E-state index contributed by atoms with van der Waals surface area (Å²) in [7, 11) is 1.98. The first-order valence-corrected chi connectivity index (χ1v) is 8.75. The van der Waals surface area contributed by atoms with Crippen LogP contribution < -0.4 is 4.74 Å². The lowest BCUT2D eigenvalue weighted by atomic mass is 10.1. The number of ether oxygens (including phenoxy) is 1. The molecule has 0 unspecified atom stereocenters. The minimum absolute atomic E-state index is 0.605. The SMILES string of the molecule is CCN(C)/C=N/c1cc(Br)c(OCCCC(C)C)nc1Br. The zero-order valence-electron chi connectivity index (χ0n) is 13.1. The summed E-state index contributed by atoms with van der Waals surface area (Å²) >= 11 is 6.93. The number of rotatable bonds is 8. The van der Waals surface area contributed by atoms with E-state index in [9.17, 15) is 0 Å². The number of aromatic nitrogens is 1. The van der Waals surface area contributed by atoms with Gasteiger partial charge in [-0.1, -0.05) is 13.8 Å². The van der Waals surface area contributed by atoms with E-state index in [-0.39, 0.29) is 0 Å². The van der Waals surface area contributed by atoms with E-state index in [0.29, 0.717) is 23.0 Å². The molecule has 0 aliphatic carbocycles. The third kappa shape index (κ3) is 6.78. The monoisotopic (exact) mass is 419 g/mol. The molecule has 1 rings (SSSR count). The van der Waals surface area contributed by atoms with Gasteiger partial charge in [0.1, 0.15) is 4.60 Å². The quantitative estimate of drug-likeness (QED) is 0.256. The average molecular weight is 421 g/mol. The van der Waals surface area contributed by atoms with Gasteiger partial charge in [-0.2, -0.15) is 0 Å². The molecule has 0 radical (unpaired) electrons. The summed E-state index contributed by atoms with van der Waals surface area (Å²) in [5, 5.41) is 0. The van der Waals surface area contributed by atoms with Gasteiger partial charge in [-0.25, -0.2) is 9.98 Å². The zero-order chi connectivity index (χ0) is 15.8. The molecule has 0 saturated heterocycles. The molecule has 4 nitrogen and oxygen atoms in total. The standard InChI is InChI=1S/C15H23Br2N3O/c1-5-20(4)10-18-13-9-12(16)15(19-14(13)17)21-8-6-7-11(2)3/h9-11H,5-8H2,1-4H3/b18-10+. The number of nitrogens with zero attached hydrogens (tertiary/aromatic N) is 3. The van der Waals surface area contributed by atoms with Gasteiger partial charge in [-0.15, -0.1) is 0 Å². The first-order chi connectivity index (χ1) is 9.93. The van der Waals surface area contributed by atoms with Crippen LogP contribution >= 0.6 is 31.9 Å². The molecule has 118 valence electrons. The summed E-state index contributed by atoms with van der Waals surface area (Å²) in [5.41, 5.74) is 0.775. The van der Waals surface area contributed by atoms with Crippen LogP contribution in [0.25, 0.3) is 0 Å². The van der Waals surface area contributed by atoms with Crippen LogP contribution in [-0.2, 0) is 0 Å². The van der Waals surface area contributed by atoms with Gasteiger partial charge in [0, 0.05) is 13.6 Å². The fraction of sp³-hybridized carbons (Fsp3) is 0.600. The van der Waals surface area contributed by atoms with Crippen molar-refractivity contribution in [3.05, 3.63) is 15.1 Å². The maximum atomic E-state index is 5.72. The molecule has 1 aromatic heterocycles. The van der Waals surface area contributed by atoms with Gasteiger partial charge < -0.3 is 9.64 Å². The molecule has 0 N–H and O–H groups in total. The molecule has 0 amide bonds. The Balaban J connectivity index is 2.68. The van der Waals surface area contributed by atoms with Crippen LogP contribution in [0.15, 0.2) is 20.1 Å². The molecule has 0 atom stereocenters. The molecular weight excluding hydrogens is 398 g/mol. The highest BCUT2D eigenvalue weighted by Crippen LogP contribution is 2.33. The smallest absolute Gasteiger partial charge is 0.229 e. The molecule has 0 aliphatic rings. The Labute approximate surface area is 144 Å². The minimum atomic E-state index is 0.605. The third-order valence-electron chi connectivity index (χ3n) is 2.94. The summed E-state index contributed by atoms with van der Waals surface area (Å²) in [4.78, 5) is 10.8. The van der Waals surface area contributed by atoms with Crippen LogP contribution in [0.1, 0.15) is 33.6 Å². The van der Waals surface area contributed by atoms with E-state index >= 15 is 0 Å². The highest BCUT2D eigenvalue weighted by Gasteiger charge is 2.09. The second kappa shape index (κ2) is 9.41. The predicted octanol–water partition coefficient (Wildman–Crippen LogP) is 5.03. The summed E-state index contributed by atoms with van der Waals surface area (Å²) in [6.45, 7) is 8.09. The summed E-state index contributed by atoms with van der Waals surface area (Å²) in [6.07, 6.45) is 3.98. The van der Waals surface area contributed by atoms with Crippen molar-refractivity contribution in [2.24, 2.45) is 10.9 Å². The molecule has 0 spiro atoms. The number of hydrogen-bond donors (Lipinski definition) is 0. The van der Waals surface area contributed by atoms with Crippen molar-refractivity contribution in [2.75, 3.05) is 20.2 Å². The molecule has 0 aliphatic heterocycles. The topological polar surface area (TPSA) is 37.7 Å². The Bertz CT molecular complexity index is 478. The van der Waals surface area contributed by atoms with Crippen molar-refractivity contribution in [3.63, 3.8) is 0 Å². The Kier molecular flexibility index (Phi) is 8.26. The van der Waals surface area contributed by atoms with Crippen LogP contribution in [0.2, 0.25) is 0 Å². The summed E-state index contributed by atoms with van der Waals surface area (Å²) < 4.78 is 7.23. The van der Waals surface area contributed by atoms with Gasteiger partial charge in [0.2, 0.25) is 5.88 Å². The lowest BCUT2D eigenvalue weighted by Crippen LogP contribution is -2.14. The maximum absolute atomic E-state index is 5.72. The molecule has 0 saturated carbocycles. The molecule has 1 aromatic rings. The highest BCUT2D eigenvalue weighted by atomic mass is 79.9. The van der Waals surface area contributed by atoms with Crippen LogP contribution in [0.4, 0.5) is 5.69 Å². The maximum Gasteiger partial charge on any atom is 0.229 e. The number of pyridine rings is 1. The van der Waals surface area contributed by atoms with Crippen molar-refractivity contribution in [3.8, 4) is 5.88 Å².